The molecule has 2 N–H and O–H groups in total. The molecule has 1 aromatic rings. The molecule has 0 saturated carbocycles. The Kier molecular flexibility index (Phi) is 3.77. The van der Waals surface area contributed by atoms with Crippen LogP contribution >= 0.6 is 0 Å². The standard InChI is InChI=1S/C11H11NO4/c1-7(13)8-4-2-3-5-9(8)12-10(14)6-11(15)16/h2-5H,6H2,1H3,(H,12,14)(H,15,16). The van der Waals surface area contributed by atoms with Gasteiger partial charge in [-0.2, -0.15) is 0 Å². The summed E-state index contributed by atoms with van der Waals surface area (Å²) in [4.78, 5) is 32.7. The van der Waals surface area contributed by atoms with Crippen LogP contribution < -0.4 is 5.32 Å². The van der Waals surface area contributed by atoms with Crippen molar-refractivity contribution < 1.29 is 19.5 Å². The zero-order valence-electron chi connectivity index (χ0n) is 8.69. The lowest BCUT2D eigenvalue weighted by Gasteiger charge is -2.07. The third kappa shape index (κ3) is 3.20. The van der Waals surface area contributed by atoms with E-state index in [0.29, 0.717) is 11.3 Å². The summed E-state index contributed by atoms with van der Waals surface area (Å²) < 4.78 is 0. The van der Waals surface area contributed by atoms with Crippen LogP contribution in [0.15, 0.2) is 24.3 Å². The Hall–Kier alpha value is -2.17. The molecule has 0 saturated heterocycles. The van der Waals surface area contributed by atoms with Crippen molar-refractivity contribution in [3.8, 4) is 0 Å². The molecular weight excluding hydrogens is 210 g/mol. The van der Waals surface area contributed by atoms with E-state index in [1.165, 1.54) is 6.92 Å². The average Bonchev–Trinajstić information content (AvgIpc) is 2.16. The van der Waals surface area contributed by atoms with Gasteiger partial charge in [-0.1, -0.05) is 12.1 Å². The monoisotopic (exact) mass is 221 g/mol. The number of ketones is 1. The third-order valence-corrected chi connectivity index (χ3v) is 1.89. The van der Waals surface area contributed by atoms with Gasteiger partial charge < -0.3 is 10.4 Å². The number of carboxylic acid groups (broad SMARTS) is 1. The van der Waals surface area contributed by atoms with Crippen molar-refractivity contribution in [2.45, 2.75) is 13.3 Å². The molecule has 0 atom stereocenters. The van der Waals surface area contributed by atoms with Gasteiger partial charge in [0, 0.05) is 5.56 Å². The first-order valence-electron chi connectivity index (χ1n) is 4.62. The number of hydrogen-bond acceptors (Lipinski definition) is 3. The highest BCUT2D eigenvalue weighted by Crippen LogP contribution is 2.15. The van der Waals surface area contributed by atoms with Crippen molar-refractivity contribution in [1.29, 1.82) is 0 Å². The molecule has 0 aliphatic rings. The van der Waals surface area contributed by atoms with E-state index < -0.39 is 18.3 Å². The third-order valence-electron chi connectivity index (χ3n) is 1.89. The number of rotatable bonds is 4. The zero-order valence-corrected chi connectivity index (χ0v) is 8.69. The molecule has 0 aromatic heterocycles. The van der Waals surface area contributed by atoms with Crippen LogP contribution in [0.3, 0.4) is 0 Å². The molecule has 1 aromatic carbocycles. The highest BCUT2D eigenvalue weighted by Gasteiger charge is 2.11. The normalized spacial score (nSPS) is 9.56. The summed E-state index contributed by atoms with van der Waals surface area (Å²) in [5.74, 6) is -2.05. The SMILES string of the molecule is CC(=O)c1ccccc1NC(=O)CC(=O)O. The topological polar surface area (TPSA) is 83.5 Å². The second kappa shape index (κ2) is 5.06. The number of aliphatic carboxylic acids is 1. The largest absolute Gasteiger partial charge is 0.481 e. The Morgan fingerprint density at radius 2 is 1.88 bits per heavy atom. The predicted octanol–water partition coefficient (Wildman–Crippen LogP) is 1.30. The second-order valence-corrected chi connectivity index (χ2v) is 3.22. The number of nitrogens with one attached hydrogen (secondary N) is 1. The molecule has 84 valence electrons. The first-order chi connectivity index (χ1) is 7.50. The summed E-state index contributed by atoms with van der Waals surface area (Å²) in [6, 6.07) is 6.45. The summed E-state index contributed by atoms with van der Waals surface area (Å²) in [5.41, 5.74) is 0.697. The molecule has 0 fully saturated rings. The van der Waals surface area contributed by atoms with Crippen molar-refractivity contribution in [2.75, 3.05) is 5.32 Å². The maximum atomic E-state index is 11.2. The Labute approximate surface area is 92.1 Å². The molecule has 16 heavy (non-hydrogen) atoms. The van der Waals surface area contributed by atoms with E-state index in [1.54, 1.807) is 24.3 Å². The Morgan fingerprint density at radius 3 is 2.44 bits per heavy atom. The van der Waals surface area contributed by atoms with Crippen LogP contribution in [0.25, 0.3) is 0 Å². The van der Waals surface area contributed by atoms with Gasteiger partial charge in [-0.05, 0) is 19.1 Å². The Morgan fingerprint density at radius 1 is 1.25 bits per heavy atom. The fourth-order valence-electron chi connectivity index (χ4n) is 1.23. The van der Waals surface area contributed by atoms with Crippen molar-refractivity contribution >= 4 is 23.3 Å². The van der Waals surface area contributed by atoms with E-state index in [1.807, 2.05) is 0 Å². The summed E-state index contributed by atoms with van der Waals surface area (Å²) in [7, 11) is 0. The lowest BCUT2D eigenvalue weighted by atomic mass is 10.1. The minimum absolute atomic E-state index is 0.189. The van der Waals surface area contributed by atoms with Crippen LogP contribution in [0.1, 0.15) is 23.7 Å². The lowest BCUT2D eigenvalue weighted by molar-refractivity contribution is -0.139. The van der Waals surface area contributed by atoms with Crippen LogP contribution in [-0.2, 0) is 9.59 Å². The van der Waals surface area contributed by atoms with E-state index in [2.05, 4.69) is 5.32 Å². The first-order valence-corrected chi connectivity index (χ1v) is 4.62. The number of carbonyl (C=O) groups is 3. The van der Waals surface area contributed by atoms with Gasteiger partial charge in [-0.15, -0.1) is 0 Å². The molecule has 0 unspecified atom stereocenters. The number of carboxylic acids is 1. The van der Waals surface area contributed by atoms with E-state index in [-0.39, 0.29) is 5.78 Å². The molecule has 0 aliphatic heterocycles. The van der Waals surface area contributed by atoms with Crippen molar-refractivity contribution in [3.05, 3.63) is 29.8 Å². The predicted molar refractivity (Wildman–Crippen MR) is 57.3 cm³/mol. The number of anilines is 1. The van der Waals surface area contributed by atoms with Gasteiger partial charge >= 0.3 is 5.97 Å². The number of amides is 1. The van der Waals surface area contributed by atoms with Crippen LogP contribution in [0.4, 0.5) is 5.69 Å². The van der Waals surface area contributed by atoms with Crippen LogP contribution in [0, 0.1) is 0 Å². The lowest BCUT2D eigenvalue weighted by Crippen LogP contribution is -2.17. The number of para-hydroxylation sites is 1. The number of benzene rings is 1. The molecule has 1 rings (SSSR count). The van der Waals surface area contributed by atoms with Crippen LogP contribution in [0.5, 0.6) is 0 Å². The molecule has 5 heteroatoms. The zero-order chi connectivity index (χ0) is 12.1. The summed E-state index contributed by atoms with van der Waals surface area (Å²) in [6.45, 7) is 1.38. The summed E-state index contributed by atoms with van der Waals surface area (Å²) in [5, 5.41) is 10.8. The molecular formula is C11H11NO4. The molecule has 0 heterocycles. The van der Waals surface area contributed by atoms with Gasteiger partial charge in [0.15, 0.2) is 5.78 Å². The van der Waals surface area contributed by atoms with Crippen molar-refractivity contribution in [3.63, 3.8) is 0 Å². The van der Waals surface area contributed by atoms with Gasteiger partial charge in [0.05, 0.1) is 5.69 Å². The first kappa shape index (κ1) is 11.9. The fourth-order valence-corrected chi connectivity index (χ4v) is 1.23. The van der Waals surface area contributed by atoms with Gasteiger partial charge in [-0.3, -0.25) is 14.4 Å². The van der Waals surface area contributed by atoms with Crippen molar-refractivity contribution in [2.24, 2.45) is 0 Å². The number of hydrogen-bond donors (Lipinski definition) is 2. The fraction of sp³-hybridized carbons (Fsp3) is 0.182. The van der Waals surface area contributed by atoms with E-state index in [4.69, 9.17) is 5.11 Å². The summed E-state index contributed by atoms with van der Waals surface area (Å²) in [6.07, 6.45) is -0.619. The smallest absolute Gasteiger partial charge is 0.312 e. The molecule has 1 amide bonds. The molecule has 0 spiro atoms. The van der Waals surface area contributed by atoms with E-state index >= 15 is 0 Å². The van der Waals surface area contributed by atoms with Gasteiger partial charge in [0.1, 0.15) is 6.42 Å². The quantitative estimate of drug-likeness (QED) is 0.593. The molecule has 5 nitrogen and oxygen atoms in total. The Bertz CT molecular complexity index is 439. The van der Waals surface area contributed by atoms with E-state index in [9.17, 15) is 14.4 Å². The van der Waals surface area contributed by atoms with Gasteiger partial charge in [0.25, 0.3) is 0 Å². The Balaban J connectivity index is 2.84. The maximum Gasteiger partial charge on any atom is 0.312 e. The molecule has 0 bridgehead atoms. The van der Waals surface area contributed by atoms with Gasteiger partial charge in [-0.25, -0.2) is 0 Å². The van der Waals surface area contributed by atoms with Crippen LogP contribution in [-0.4, -0.2) is 22.8 Å². The minimum Gasteiger partial charge on any atom is -0.481 e. The van der Waals surface area contributed by atoms with Crippen LogP contribution in [0.2, 0.25) is 0 Å². The highest BCUT2D eigenvalue weighted by atomic mass is 16.4. The summed E-state index contributed by atoms with van der Waals surface area (Å²) >= 11 is 0. The molecule has 0 radical (unpaired) electrons. The van der Waals surface area contributed by atoms with Crippen molar-refractivity contribution in [1.82, 2.24) is 0 Å². The van der Waals surface area contributed by atoms with E-state index in [0.717, 1.165) is 0 Å². The average molecular weight is 221 g/mol. The number of Topliss-reactive ketones (excluding diaryl/α,β-unsaturated/α-hetero) is 1. The second-order valence-electron chi connectivity index (χ2n) is 3.22. The van der Waals surface area contributed by atoms with Gasteiger partial charge in [0.2, 0.25) is 5.91 Å². The highest BCUT2D eigenvalue weighted by molar-refractivity contribution is 6.06. The minimum atomic E-state index is -1.21. The number of carbonyl (C=O) groups excluding carboxylic acids is 2. The maximum absolute atomic E-state index is 11.2. The molecule has 0 aliphatic carbocycles.